The lowest BCUT2D eigenvalue weighted by molar-refractivity contribution is 0.0516. The number of carbonyl (C=O) groups is 2. The highest BCUT2D eigenvalue weighted by molar-refractivity contribution is 7.15. The molecule has 0 saturated carbocycles. The summed E-state index contributed by atoms with van der Waals surface area (Å²) in [5, 5.41) is 0. The van der Waals surface area contributed by atoms with Gasteiger partial charge in [-0.1, -0.05) is 0 Å². The summed E-state index contributed by atoms with van der Waals surface area (Å²) in [4.78, 5) is 40.7. The van der Waals surface area contributed by atoms with Crippen molar-refractivity contribution in [2.45, 2.75) is 20.8 Å². The minimum absolute atomic E-state index is 0.246. The Morgan fingerprint density at radius 1 is 0.794 bits per heavy atom. The lowest BCUT2D eigenvalue weighted by Crippen LogP contribution is -2.07. The van der Waals surface area contributed by atoms with Crippen LogP contribution in [0.25, 0.3) is 33.2 Å². The van der Waals surface area contributed by atoms with E-state index in [9.17, 15) is 9.59 Å². The molecule has 34 heavy (non-hydrogen) atoms. The largest absolute Gasteiger partial charge is 0.462 e. The topological polar surface area (TPSA) is 91.3 Å². The molecule has 4 aromatic heterocycles. The molecule has 4 aromatic rings. The maximum atomic E-state index is 12.5. The predicted octanol–water partition coefficient (Wildman–Crippen LogP) is 5.60. The number of hydrogen-bond donors (Lipinski definition) is 0. The van der Waals surface area contributed by atoms with E-state index in [0.29, 0.717) is 33.9 Å². The van der Waals surface area contributed by atoms with Crippen LogP contribution in [0.5, 0.6) is 0 Å². The highest BCUT2D eigenvalue weighted by Crippen LogP contribution is 2.29. The number of rotatable bonds is 7. The molecule has 0 aliphatic carbocycles. The van der Waals surface area contributed by atoms with Crippen molar-refractivity contribution in [2.75, 3.05) is 13.2 Å². The van der Waals surface area contributed by atoms with Crippen molar-refractivity contribution in [3.8, 4) is 33.2 Å². The van der Waals surface area contributed by atoms with E-state index in [1.165, 1.54) is 11.1 Å². The number of nitrogens with zero attached hydrogens (tertiary/aromatic N) is 3. The minimum atomic E-state index is -0.473. The monoisotopic (exact) mass is 473 g/mol. The third-order valence-electron chi connectivity index (χ3n) is 4.92. The number of carbonyl (C=O) groups excluding carboxylic acids is 2. The number of aryl methyl sites for hydroxylation is 1. The fourth-order valence-corrected chi connectivity index (χ4v) is 4.18. The summed E-state index contributed by atoms with van der Waals surface area (Å²) in [7, 11) is 0. The van der Waals surface area contributed by atoms with Gasteiger partial charge in [0.15, 0.2) is 0 Å². The Morgan fingerprint density at radius 3 is 2.09 bits per heavy atom. The zero-order valence-corrected chi connectivity index (χ0v) is 19.9. The van der Waals surface area contributed by atoms with Gasteiger partial charge in [-0.15, -0.1) is 11.3 Å². The van der Waals surface area contributed by atoms with Crippen LogP contribution in [0.3, 0.4) is 0 Å². The highest BCUT2D eigenvalue weighted by atomic mass is 32.1. The summed E-state index contributed by atoms with van der Waals surface area (Å²) in [6, 6.07) is 14.4. The van der Waals surface area contributed by atoms with Crippen molar-refractivity contribution in [2.24, 2.45) is 0 Å². The fraction of sp³-hybridized carbons (Fsp3) is 0.192. The van der Waals surface area contributed by atoms with E-state index in [1.807, 2.05) is 12.1 Å². The van der Waals surface area contributed by atoms with Crippen LogP contribution < -0.4 is 0 Å². The molecule has 0 aliphatic heterocycles. The van der Waals surface area contributed by atoms with Crippen LogP contribution in [-0.2, 0) is 9.47 Å². The van der Waals surface area contributed by atoms with Gasteiger partial charge in [0.25, 0.3) is 0 Å². The fourth-order valence-electron chi connectivity index (χ4n) is 3.32. The van der Waals surface area contributed by atoms with Crippen molar-refractivity contribution < 1.29 is 19.1 Å². The summed E-state index contributed by atoms with van der Waals surface area (Å²) < 4.78 is 10.3. The van der Waals surface area contributed by atoms with E-state index in [-0.39, 0.29) is 13.2 Å². The molecule has 0 saturated heterocycles. The summed E-state index contributed by atoms with van der Waals surface area (Å²) in [5.74, 6) is -0.923. The Kier molecular flexibility index (Phi) is 7.08. The van der Waals surface area contributed by atoms with Gasteiger partial charge in [-0.05, 0) is 69.3 Å². The van der Waals surface area contributed by atoms with Crippen LogP contribution >= 0.6 is 11.3 Å². The molecular formula is C26H23N3O4S. The first-order valence-electron chi connectivity index (χ1n) is 10.8. The first-order chi connectivity index (χ1) is 16.5. The number of esters is 2. The zero-order chi connectivity index (χ0) is 24.1. The van der Waals surface area contributed by atoms with Gasteiger partial charge in [0.2, 0.25) is 0 Å². The number of pyridine rings is 3. The average Bonchev–Trinajstić information content (AvgIpc) is 3.30. The number of ether oxygens (including phenoxy) is 2. The van der Waals surface area contributed by atoms with Crippen LogP contribution in [0.4, 0.5) is 0 Å². The second-order valence-corrected chi connectivity index (χ2v) is 8.63. The van der Waals surface area contributed by atoms with Crippen molar-refractivity contribution in [3.05, 3.63) is 76.9 Å². The van der Waals surface area contributed by atoms with Crippen LogP contribution in [-0.4, -0.2) is 40.1 Å². The molecule has 0 N–H and O–H groups in total. The third kappa shape index (κ3) is 5.18. The molecule has 172 valence electrons. The standard InChI is InChI=1S/C26H23N3O4S/c1-4-32-25(30)17-10-11-27-21(12-17)23-14-19(26(31)33-5-2)13-22(29-23)20-8-7-18(15-28-20)24-9-6-16(3)34-24/h6-15H,4-5H2,1-3H3. The Balaban J connectivity index is 1.76. The molecule has 0 amide bonds. The van der Waals surface area contributed by atoms with E-state index < -0.39 is 11.9 Å². The maximum Gasteiger partial charge on any atom is 0.338 e. The SMILES string of the molecule is CCOC(=O)c1ccnc(-c2cc(C(=O)OCC)cc(-c3ccc(-c4ccc(C)s4)cn3)n2)c1. The quantitative estimate of drug-likeness (QED) is 0.323. The molecule has 0 unspecified atom stereocenters. The lowest BCUT2D eigenvalue weighted by atomic mass is 10.1. The van der Waals surface area contributed by atoms with Crippen LogP contribution in [0.2, 0.25) is 0 Å². The average molecular weight is 474 g/mol. The third-order valence-corrected chi connectivity index (χ3v) is 5.97. The molecule has 4 heterocycles. The maximum absolute atomic E-state index is 12.5. The lowest BCUT2D eigenvalue weighted by Gasteiger charge is -2.10. The molecule has 4 rings (SSSR count). The van der Waals surface area contributed by atoms with Crippen molar-refractivity contribution in [1.29, 1.82) is 0 Å². The predicted molar refractivity (Wildman–Crippen MR) is 131 cm³/mol. The normalized spacial score (nSPS) is 10.7. The molecule has 7 nitrogen and oxygen atoms in total. The first-order valence-corrected chi connectivity index (χ1v) is 11.7. The van der Waals surface area contributed by atoms with E-state index >= 15 is 0 Å². The summed E-state index contributed by atoms with van der Waals surface area (Å²) in [5.41, 5.74) is 3.64. The van der Waals surface area contributed by atoms with Crippen LogP contribution in [0, 0.1) is 6.92 Å². The Bertz CT molecular complexity index is 1330. The van der Waals surface area contributed by atoms with Crippen molar-refractivity contribution in [3.63, 3.8) is 0 Å². The second kappa shape index (κ2) is 10.4. The van der Waals surface area contributed by atoms with Crippen LogP contribution in [0.15, 0.2) is 60.9 Å². The second-order valence-electron chi connectivity index (χ2n) is 7.34. The van der Waals surface area contributed by atoms with Crippen molar-refractivity contribution >= 4 is 23.3 Å². The highest BCUT2D eigenvalue weighted by Gasteiger charge is 2.16. The van der Waals surface area contributed by atoms with E-state index in [2.05, 4.69) is 34.0 Å². The Hall–Kier alpha value is -3.91. The van der Waals surface area contributed by atoms with Crippen LogP contribution in [0.1, 0.15) is 39.4 Å². The van der Waals surface area contributed by atoms with Gasteiger partial charge in [-0.3, -0.25) is 9.97 Å². The first kappa shape index (κ1) is 23.3. The molecule has 0 radical (unpaired) electrons. The summed E-state index contributed by atoms with van der Waals surface area (Å²) >= 11 is 1.70. The van der Waals surface area contributed by atoms with Gasteiger partial charge < -0.3 is 9.47 Å². The van der Waals surface area contributed by atoms with Gasteiger partial charge in [0.05, 0.1) is 47.1 Å². The van der Waals surface area contributed by atoms with Gasteiger partial charge >= 0.3 is 11.9 Å². The smallest absolute Gasteiger partial charge is 0.338 e. The number of aromatic nitrogens is 3. The van der Waals surface area contributed by atoms with Gasteiger partial charge in [0, 0.05) is 27.7 Å². The molecule has 0 atom stereocenters. The Morgan fingerprint density at radius 2 is 1.47 bits per heavy atom. The summed E-state index contributed by atoms with van der Waals surface area (Å²) in [6.07, 6.45) is 3.30. The molecule has 0 bridgehead atoms. The molecular weight excluding hydrogens is 450 g/mol. The molecule has 0 aromatic carbocycles. The zero-order valence-electron chi connectivity index (χ0n) is 19.1. The molecule has 0 spiro atoms. The Labute approximate surface area is 201 Å². The number of hydrogen-bond acceptors (Lipinski definition) is 8. The van der Waals surface area contributed by atoms with E-state index in [0.717, 1.165) is 10.4 Å². The molecule has 0 fully saturated rings. The molecule has 8 heteroatoms. The van der Waals surface area contributed by atoms with E-state index in [4.69, 9.17) is 9.47 Å². The molecule has 0 aliphatic rings. The van der Waals surface area contributed by atoms with Gasteiger partial charge in [0.1, 0.15) is 0 Å². The van der Waals surface area contributed by atoms with Crippen molar-refractivity contribution in [1.82, 2.24) is 15.0 Å². The van der Waals surface area contributed by atoms with Gasteiger partial charge in [-0.2, -0.15) is 0 Å². The van der Waals surface area contributed by atoms with E-state index in [1.54, 1.807) is 55.6 Å². The number of thiophene rings is 1. The summed E-state index contributed by atoms with van der Waals surface area (Å²) in [6.45, 7) is 6.07. The minimum Gasteiger partial charge on any atom is -0.462 e. The van der Waals surface area contributed by atoms with Gasteiger partial charge in [-0.25, -0.2) is 14.6 Å².